The van der Waals surface area contributed by atoms with Gasteiger partial charge in [-0.3, -0.25) is 4.90 Å². The molecule has 0 aromatic carbocycles. The van der Waals surface area contributed by atoms with E-state index in [1.165, 1.54) is 6.07 Å². The number of hydrogen-bond donors (Lipinski definition) is 0. The van der Waals surface area contributed by atoms with Crippen LogP contribution in [0.1, 0.15) is 0 Å². The molecule has 1 rings (SSSR count). The summed E-state index contributed by atoms with van der Waals surface area (Å²) >= 11 is 0. The van der Waals surface area contributed by atoms with Crippen LogP contribution in [0.15, 0.2) is 4.99 Å². The summed E-state index contributed by atoms with van der Waals surface area (Å²) in [5, 5.41) is 8.11. The molecule has 0 bridgehead atoms. The molecule has 0 aromatic heterocycles. The van der Waals surface area contributed by atoms with Gasteiger partial charge in [0.05, 0.1) is 6.07 Å². The zero-order chi connectivity index (χ0) is 8.48. The number of aliphatic imine (C=N–C) groups is 1. The van der Waals surface area contributed by atoms with Crippen LogP contribution in [-0.2, 0) is 0 Å². The van der Waals surface area contributed by atoms with Gasteiger partial charge in [-0.05, 0) is 0 Å². The van der Waals surface area contributed by atoms with Crippen molar-refractivity contribution in [3.05, 3.63) is 6.54 Å². The third kappa shape index (κ3) is 1.61. The molecule has 0 saturated heterocycles. The third-order valence-corrected chi connectivity index (χ3v) is 0.914. The van der Waals surface area contributed by atoms with Crippen molar-refractivity contribution < 1.29 is 13.2 Å². The minimum absolute atomic E-state index is 0.291. The fourth-order valence-electron chi connectivity index (χ4n) is 0.483. The normalized spacial score (nSPS) is 23.8. The van der Waals surface area contributed by atoms with Crippen molar-refractivity contribution in [1.29, 1.82) is 5.26 Å². The van der Waals surface area contributed by atoms with Crippen LogP contribution in [0.25, 0.3) is 0 Å². The number of nitriles is 1. The first-order valence-electron chi connectivity index (χ1n) is 2.52. The van der Waals surface area contributed by atoms with Crippen LogP contribution < -0.4 is 0 Å². The van der Waals surface area contributed by atoms with Crippen molar-refractivity contribution in [3.63, 3.8) is 0 Å². The van der Waals surface area contributed by atoms with E-state index in [0.29, 0.717) is 0 Å². The molecule has 0 saturated carbocycles. The summed E-state index contributed by atoms with van der Waals surface area (Å²) in [5.74, 6) is 0. The van der Waals surface area contributed by atoms with Crippen molar-refractivity contribution in [2.45, 2.75) is 12.3 Å². The maximum absolute atomic E-state index is 11.7. The smallest absolute Gasteiger partial charge is 0.251 e. The van der Waals surface area contributed by atoms with Crippen LogP contribution in [0, 0.1) is 17.9 Å². The van der Waals surface area contributed by atoms with E-state index in [4.69, 9.17) is 5.26 Å². The summed E-state index contributed by atoms with van der Waals surface area (Å²) in [4.78, 5) is 2.79. The van der Waals surface area contributed by atoms with E-state index in [2.05, 4.69) is 4.99 Å². The minimum Gasteiger partial charge on any atom is -0.251 e. The molecule has 3 nitrogen and oxygen atoms in total. The fraction of sp³-hybridized carbons (Fsp3) is 0.400. The van der Waals surface area contributed by atoms with E-state index in [1.54, 1.807) is 12.9 Å². The zero-order valence-corrected chi connectivity index (χ0v) is 5.05. The van der Waals surface area contributed by atoms with E-state index < -0.39 is 12.3 Å². The Bertz CT molecular complexity index is 214. The van der Waals surface area contributed by atoms with E-state index in [0.717, 1.165) is 0 Å². The lowest BCUT2D eigenvalue weighted by Crippen LogP contribution is -2.33. The maximum atomic E-state index is 11.7. The van der Waals surface area contributed by atoms with Crippen molar-refractivity contribution in [3.8, 4) is 6.07 Å². The Kier molecular flexibility index (Phi) is 1.72. The average molecular weight is 160 g/mol. The van der Waals surface area contributed by atoms with Gasteiger partial charge in [-0.2, -0.15) is 5.26 Å². The second-order valence-corrected chi connectivity index (χ2v) is 1.69. The Balaban J connectivity index is 2.59. The molecule has 0 fully saturated rings. The highest BCUT2D eigenvalue weighted by Crippen LogP contribution is 2.24. The van der Waals surface area contributed by atoms with Crippen LogP contribution in [0.5, 0.6) is 0 Å². The fourth-order valence-corrected chi connectivity index (χ4v) is 0.483. The average Bonchev–Trinajstić information content (AvgIpc) is 2.32. The summed E-state index contributed by atoms with van der Waals surface area (Å²) in [5.41, 5.74) is 0. The standard InChI is InChI=1S/C5HF3N3/c6-5(7,8)11-2-4(1-9)10-3-11/h4H. The summed E-state index contributed by atoms with van der Waals surface area (Å²) in [7, 11) is 0. The molecule has 1 atom stereocenters. The molecule has 0 amide bonds. The molecule has 1 aliphatic rings. The van der Waals surface area contributed by atoms with Crippen LogP contribution in [-0.4, -0.2) is 23.6 Å². The molecule has 1 heterocycles. The van der Waals surface area contributed by atoms with Crippen molar-refractivity contribution in [2.24, 2.45) is 4.99 Å². The molecule has 0 N–H and O–H groups in total. The lowest BCUT2D eigenvalue weighted by molar-refractivity contribution is -0.204. The highest BCUT2D eigenvalue weighted by atomic mass is 19.4. The second kappa shape index (κ2) is 2.42. The number of alkyl halides is 3. The molecule has 1 unspecified atom stereocenters. The lowest BCUT2D eigenvalue weighted by Gasteiger charge is -2.14. The molecule has 57 valence electrons. The molecule has 6 heteroatoms. The van der Waals surface area contributed by atoms with Crippen LogP contribution in [0.3, 0.4) is 0 Å². The summed E-state index contributed by atoms with van der Waals surface area (Å²) in [6.45, 7) is 1.75. The highest BCUT2D eigenvalue weighted by molar-refractivity contribution is 5.61. The van der Waals surface area contributed by atoms with Crippen LogP contribution in [0.4, 0.5) is 13.2 Å². The molecule has 0 spiro atoms. The van der Waals surface area contributed by atoms with Crippen LogP contribution >= 0.6 is 0 Å². The predicted molar refractivity (Wildman–Crippen MR) is 28.0 cm³/mol. The third-order valence-electron chi connectivity index (χ3n) is 0.914. The highest BCUT2D eigenvalue weighted by Gasteiger charge is 2.41. The summed E-state index contributed by atoms with van der Waals surface area (Å²) < 4.78 is 35.1. The zero-order valence-electron chi connectivity index (χ0n) is 5.05. The van der Waals surface area contributed by atoms with E-state index in [9.17, 15) is 13.2 Å². The van der Waals surface area contributed by atoms with E-state index >= 15 is 0 Å². The SMILES string of the molecule is N#CC1[C]N(C(F)(F)F)[C]=N1. The first-order chi connectivity index (χ1) is 5.04. The molecule has 11 heavy (non-hydrogen) atoms. The number of hydrogen-bond acceptors (Lipinski definition) is 3. The molecule has 0 aliphatic carbocycles. The van der Waals surface area contributed by atoms with E-state index in [1.807, 2.05) is 0 Å². The van der Waals surface area contributed by atoms with E-state index in [-0.39, 0.29) is 4.90 Å². The van der Waals surface area contributed by atoms with Gasteiger partial charge in [0.2, 0.25) is 0 Å². The van der Waals surface area contributed by atoms with Gasteiger partial charge in [0.15, 0.2) is 12.4 Å². The quantitative estimate of drug-likeness (QED) is 0.488. The Hall–Kier alpha value is -1.25. The van der Waals surface area contributed by atoms with Gasteiger partial charge in [-0.25, -0.2) is 4.99 Å². The first-order valence-corrected chi connectivity index (χ1v) is 2.52. The lowest BCUT2D eigenvalue weighted by atomic mass is 10.3. The van der Waals surface area contributed by atoms with Gasteiger partial charge in [0.1, 0.15) is 6.54 Å². The Morgan fingerprint density at radius 1 is 1.55 bits per heavy atom. The topological polar surface area (TPSA) is 39.4 Å². The Morgan fingerprint density at radius 2 is 2.18 bits per heavy atom. The van der Waals surface area contributed by atoms with Gasteiger partial charge in [0.25, 0.3) is 0 Å². The number of rotatable bonds is 0. The Morgan fingerprint density at radius 3 is 2.45 bits per heavy atom. The number of halogens is 3. The molecular formula is C5HF3N3. The molecule has 3 radical (unpaired) electrons. The minimum atomic E-state index is -4.57. The van der Waals surface area contributed by atoms with Crippen molar-refractivity contribution in [2.75, 3.05) is 0 Å². The largest absolute Gasteiger partial charge is 0.486 e. The molecular weight excluding hydrogens is 159 g/mol. The Labute approximate surface area is 60.7 Å². The summed E-state index contributed by atoms with van der Waals surface area (Å²) in [6.07, 6.45) is -2.98. The van der Waals surface area contributed by atoms with Gasteiger partial charge < -0.3 is 0 Å². The van der Waals surface area contributed by atoms with Gasteiger partial charge >= 0.3 is 6.30 Å². The molecule has 1 aliphatic heterocycles. The summed E-state index contributed by atoms with van der Waals surface area (Å²) in [6, 6.07) is 0.300. The molecule has 0 aromatic rings. The van der Waals surface area contributed by atoms with Gasteiger partial charge in [-0.1, -0.05) is 0 Å². The first kappa shape index (κ1) is 7.85. The van der Waals surface area contributed by atoms with Crippen molar-refractivity contribution in [1.82, 2.24) is 4.90 Å². The van der Waals surface area contributed by atoms with Crippen LogP contribution in [0.2, 0.25) is 0 Å². The monoisotopic (exact) mass is 160 g/mol. The van der Waals surface area contributed by atoms with Gasteiger partial charge in [-0.15, -0.1) is 13.2 Å². The van der Waals surface area contributed by atoms with Gasteiger partial charge in [0, 0.05) is 0 Å². The number of nitrogens with zero attached hydrogens (tertiary/aromatic N) is 3. The van der Waals surface area contributed by atoms with Crippen molar-refractivity contribution >= 4 is 6.34 Å². The second-order valence-electron chi connectivity index (χ2n) is 1.69. The predicted octanol–water partition coefficient (Wildman–Crippen LogP) is 0.658. The maximum Gasteiger partial charge on any atom is 0.486 e.